The molecular formula is C14H20Cl2N2O. The van der Waals surface area contributed by atoms with E-state index in [1.54, 1.807) is 30.1 Å². The van der Waals surface area contributed by atoms with Gasteiger partial charge in [-0.2, -0.15) is 0 Å². The van der Waals surface area contributed by atoms with Crippen molar-refractivity contribution in [2.75, 3.05) is 7.05 Å². The van der Waals surface area contributed by atoms with E-state index in [4.69, 9.17) is 28.9 Å². The predicted molar refractivity (Wildman–Crippen MR) is 80.4 cm³/mol. The Bertz CT molecular complexity index is 449. The number of carbonyl (C=O) groups is 1. The highest BCUT2D eigenvalue weighted by atomic mass is 35.5. The van der Waals surface area contributed by atoms with Crippen LogP contribution in [0.25, 0.3) is 0 Å². The SMILES string of the molecule is CN(Cc1cc(Cl)cc(Cl)c1)C(=O)C(N)C(C)(C)C. The van der Waals surface area contributed by atoms with Crippen LogP contribution in [0.5, 0.6) is 0 Å². The minimum Gasteiger partial charge on any atom is -0.340 e. The molecule has 0 aromatic heterocycles. The maximum atomic E-state index is 12.2. The molecule has 1 rings (SSSR count). The number of carbonyl (C=O) groups excluding carboxylic acids is 1. The molecule has 1 amide bonds. The van der Waals surface area contributed by atoms with Crippen LogP contribution in [0, 0.1) is 5.41 Å². The molecule has 1 aromatic rings. The van der Waals surface area contributed by atoms with Crippen LogP contribution in [0.2, 0.25) is 10.0 Å². The third-order valence-electron chi connectivity index (χ3n) is 2.92. The number of hydrogen-bond acceptors (Lipinski definition) is 2. The number of benzene rings is 1. The zero-order valence-electron chi connectivity index (χ0n) is 11.7. The molecule has 3 nitrogen and oxygen atoms in total. The summed E-state index contributed by atoms with van der Waals surface area (Å²) in [5.41, 5.74) is 6.58. The molecule has 19 heavy (non-hydrogen) atoms. The standard InChI is InChI=1S/C14H20Cl2N2O/c1-14(2,3)12(17)13(19)18(4)8-9-5-10(15)7-11(16)6-9/h5-7,12H,8,17H2,1-4H3. The van der Waals surface area contributed by atoms with Gasteiger partial charge in [-0.3, -0.25) is 4.79 Å². The molecule has 106 valence electrons. The van der Waals surface area contributed by atoms with Crippen molar-refractivity contribution in [3.8, 4) is 0 Å². The minimum absolute atomic E-state index is 0.0939. The average molecular weight is 303 g/mol. The first-order chi connectivity index (χ1) is 8.61. The second-order valence-electron chi connectivity index (χ2n) is 5.82. The summed E-state index contributed by atoms with van der Waals surface area (Å²) in [4.78, 5) is 13.8. The molecule has 0 aliphatic rings. The lowest BCUT2D eigenvalue weighted by Crippen LogP contribution is -2.48. The predicted octanol–water partition coefficient (Wildman–Crippen LogP) is 3.33. The fourth-order valence-corrected chi connectivity index (χ4v) is 2.23. The smallest absolute Gasteiger partial charge is 0.240 e. The van der Waals surface area contributed by atoms with Gasteiger partial charge in [-0.1, -0.05) is 44.0 Å². The van der Waals surface area contributed by atoms with Gasteiger partial charge in [0.2, 0.25) is 5.91 Å². The van der Waals surface area contributed by atoms with Gasteiger partial charge >= 0.3 is 0 Å². The highest BCUT2D eigenvalue weighted by molar-refractivity contribution is 6.34. The molecular weight excluding hydrogens is 283 g/mol. The summed E-state index contributed by atoms with van der Waals surface area (Å²) in [5, 5.41) is 1.12. The highest BCUT2D eigenvalue weighted by Gasteiger charge is 2.29. The molecule has 0 saturated heterocycles. The van der Waals surface area contributed by atoms with Crippen LogP contribution >= 0.6 is 23.2 Å². The summed E-state index contributed by atoms with van der Waals surface area (Å²) in [6.45, 7) is 6.27. The van der Waals surface area contributed by atoms with Crippen LogP contribution in [-0.4, -0.2) is 23.9 Å². The third kappa shape index (κ3) is 4.68. The normalized spacial score (nSPS) is 13.2. The van der Waals surface area contributed by atoms with Crippen molar-refractivity contribution >= 4 is 29.1 Å². The third-order valence-corrected chi connectivity index (χ3v) is 3.35. The van der Waals surface area contributed by atoms with Gasteiger partial charge in [0.15, 0.2) is 0 Å². The quantitative estimate of drug-likeness (QED) is 0.931. The van der Waals surface area contributed by atoms with Crippen LogP contribution in [0.15, 0.2) is 18.2 Å². The van der Waals surface area contributed by atoms with Crippen molar-refractivity contribution in [2.45, 2.75) is 33.4 Å². The second-order valence-corrected chi connectivity index (χ2v) is 6.69. The fraction of sp³-hybridized carbons (Fsp3) is 0.500. The maximum absolute atomic E-state index is 12.2. The number of nitrogens with two attached hydrogens (primary N) is 1. The Balaban J connectivity index is 2.79. The fourth-order valence-electron chi connectivity index (χ4n) is 1.66. The number of halogens is 2. The maximum Gasteiger partial charge on any atom is 0.240 e. The molecule has 2 N–H and O–H groups in total. The molecule has 5 heteroatoms. The Labute approximate surface area is 124 Å². The van der Waals surface area contributed by atoms with Gasteiger partial charge in [-0.25, -0.2) is 0 Å². The summed E-state index contributed by atoms with van der Waals surface area (Å²) in [5.74, 6) is -0.0939. The Morgan fingerprint density at radius 3 is 2.16 bits per heavy atom. The lowest BCUT2D eigenvalue weighted by molar-refractivity contribution is -0.134. The number of nitrogens with zero attached hydrogens (tertiary/aromatic N) is 1. The van der Waals surface area contributed by atoms with Gasteiger partial charge in [0.05, 0.1) is 6.04 Å². The zero-order chi connectivity index (χ0) is 14.8. The molecule has 0 radical (unpaired) electrons. The second kappa shape index (κ2) is 6.12. The molecule has 1 atom stereocenters. The summed E-state index contributed by atoms with van der Waals surface area (Å²) >= 11 is 11.9. The number of amides is 1. The molecule has 0 bridgehead atoms. The van der Waals surface area contributed by atoms with Crippen LogP contribution in [0.3, 0.4) is 0 Å². The summed E-state index contributed by atoms with van der Waals surface area (Å²) in [7, 11) is 1.72. The van der Waals surface area contributed by atoms with Crippen LogP contribution in [0.4, 0.5) is 0 Å². The Hall–Kier alpha value is -0.770. The van der Waals surface area contributed by atoms with Crippen molar-refractivity contribution < 1.29 is 4.79 Å². The van der Waals surface area contributed by atoms with E-state index in [9.17, 15) is 4.79 Å². The van der Waals surface area contributed by atoms with E-state index in [2.05, 4.69) is 0 Å². The topological polar surface area (TPSA) is 46.3 Å². The molecule has 0 aliphatic heterocycles. The Morgan fingerprint density at radius 2 is 1.74 bits per heavy atom. The molecule has 0 heterocycles. The van der Waals surface area contributed by atoms with Gasteiger partial charge in [-0.15, -0.1) is 0 Å². The van der Waals surface area contributed by atoms with Gasteiger partial charge in [0.1, 0.15) is 0 Å². The molecule has 0 fully saturated rings. The summed E-state index contributed by atoms with van der Waals surface area (Å²) in [6, 6.07) is 4.71. The van der Waals surface area contributed by atoms with Crippen molar-refractivity contribution in [3.05, 3.63) is 33.8 Å². The minimum atomic E-state index is -0.535. The van der Waals surface area contributed by atoms with Crippen molar-refractivity contribution in [2.24, 2.45) is 11.1 Å². The molecule has 1 aromatic carbocycles. The first-order valence-corrected chi connectivity index (χ1v) is 6.82. The monoisotopic (exact) mass is 302 g/mol. The van der Waals surface area contributed by atoms with Crippen molar-refractivity contribution in [3.63, 3.8) is 0 Å². The molecule has 1 unspecified atom stereocenters. The number of hydrogen-bond donors (Lipinski definition) is 1. The lowest BCUT2D eigenvalue weighted by atomic mass is 9.86. The molecule has 0 aliphatic carbocycles. The average Bonchev–Trinajstić information content (AvgIpc) is 2.24. The lowest BCUT2D eigenvalue weighted by Gasteiger charge is -2.30. The van der Waals surface area contributed by atoms with Gasteiger partial charge < -0.3 is 10.6 Å². The van der Waals surface area contributed by atoms with E-state index in [0.29, 0.717) is 16.6 Å². The largest absolute Gasteiger partial charge is 0.340 e. The van der Waals surface area contributed by atoms with Crippen molar-refractivity contribution in [1.82, 2.24) is 4.90 Å². The highest BCUT2D eigenvalue weighted by Crippen LogP contribution is 2.22. The van der Waals surface area contributed by atoms with E-state index < -0.39 is 6.04 Å². The van der Waals surface area contributed by atoms with Gasteiger partial charge in [-0.05, 0) is 29.2 Å². The van der Waals surface area contributed by atoms with Crippen LogP contribution in [0.1, 0.15) is 26.3 Å². The van der Waals surface area contributed by atoms with E-state index in [1.807, 2.05) is 20.8 Å². The zero-order valence-corrected chi connectivity index (χ0v) is 13.2. The summed E-state index contributed by atoms with van der Waals surface area (Å²) in [6.07, 6.45) is 0. The van der Waals surface area contributed by atoms with Crippen LogP contribution in [-0.2, 0) is 11.3 Å². The van der Waals surface area contributed by atoms with Crippen LogP contribution < -0.4 is 5.73 Å². The van der Waals surface area contributed by atoms with Gasteiger partial charge in [0.25, 0.3) is 0 Å². The number of likely N-dealkylation sites (N-methyl/N-ethyl adjacent to an activating group) is 1. The van der Waals surface area contributed by atoms with Crippen molar-refractivity contribution in [1.29, 1.82) is 0 Å². The molecule has 0 spiro atoms. The van der Waals surface area contributed by atoms with Gasteiger partial charge in [0, 0.05) is 23.6 Å². The Morgan fingerprint density at radius 1 is 1.26 bits per heavy atom. The number of rotatable bonds is 3. The van der Waals surface area contributed by atoms with E-state index in [1.165, 1.54) is 0 Å². The Kier molecular flexibility index (Phi) is 5.25. The molecule has 0 saturated carbocycles. The van der Waals surface area contributed by atoms with E-state index >= 15 is 0 Å². The first-order valence-electron chi connectivity index (χ1n) is 6.07. The first kappa shape index (κ1) is 16.3. The summed E-state index contributed by atoms with van der Waals surface area (Å²) < 4.78 is 0. The van der Waals surface area contributed by atoms with E-state index in [-0.39, 0.29) is 11.3 Å². The van der Waals surface area contributed by atoms with E-state index in [0.717, 1.165) is 5.56 Å².